The Kier molecular flexibility index (Phi) is 3.25. The average Bonchev–Trinajstić information content (AvgIpc) is 2.05. The summed E-state index contributed by atoms with van der Waals surface area (Å²) < 4.78 is 10.4. The van der Waals surface area contributed by atoms with Gasteiger partial charge >= 0.3 is 0 Å². The highest BCUT2D eigenvalue weighted by molar-refractivity contribution is 5.79. The molecule has 2 atom stereocenters. The normalized spacial score (nSPS) is 28.8. The Morgan fingerprint density at radius 3 is 3.17 bits per heavy atom. The molecule has 1 aliphatic rings. The molecule has 0 bridgehead atoms. The Morgan fingerprint density at radius 2 is 2.58 bits per heavy atom. The van der Waals surface area contributed by atoms with Crippen molar-refractivity contribution in [3.8, 4) is 0 Å². The minimum atomic E-state index is -0.536. The molecule has 0 fully saturated rings. The molecule has 0 aromatic heterocycles. The Bertz CT molecular complexity index is 191. The molecule has 4 heteroatoms. The van der Waals surface area contributed by atoms with E-state index in [0.29, 0.717) is 13.0 Å². The van der Waals surface area contributed by atoms with Crippen LogP contribution in [0.25, 0.3) is 0 Å². The third-order valence-electron chi connectivity index (χ3n) is 1.59. The van der Waals surface area contributed by atoms with Gasteiger partial charge in [-0.15, -0.1) is 0 Å². The number of primary amides is 1. The van der Waals surface area contributed by atoms with Crippen LogP contribution >= 0.6 is 0 Å². The molecule has 0 radical (unpaired) electrons. The van der Waals surface area contributed by atoms with Gasteiger partial charge in [-0.3, -0.25) is 4.79 Å². The fourth-order valence-corrected chi connectivity index (χ4v) is 1.02. The molecule has 1 aliphatic heterocycles. The van der Waals surface area contributed by atoms with Gasteiger partial charge in [-0.2, -0.15) is 0 Å². The third kappa shape index (κ3) is 2.32. The summed E-state index contributed by atoms with van der Waals surface area (Å²) in [5.41, 5.74) is 5.07. The van der Waals surface area contributed by atoms with Crippen LogP contribution in [0.15, 0.2) is 12.2 Å². The summed E-state index contributed by atoms with van der Waals surface area (Å²) in [5, 5.41) is 0. The van der Waals surface area contributed by atoms with E-state index in [-0.39, 0.29) is 0 Å². The topological polar surface area (TPSA) is 61.5 Å². The predicted molar refractivity (Wildman–Crippen MR) is 43.2 cm³/mol. The van der Waals surface area contributed by atoms with E-state index < -0.39 is 18.3 Å². The monoisotopic (exact) mass is 171 g/mol. The molecular formula is C8H13NO3. The number of rotatable bonds is 3. The van der Waals surface area contributed by atoms with Gasteiger partial charge in [0.25, 0.3) is 0 Å². The first-order valence-corrected chi connectivity index (χ1v) is 3.97. The molecule has 0 saturated heterocycles. The standard InChI is InChI=1S/C8H13NO3/c1-2-11-7-5-3-4-6(12-7)8(9)10/h3,5-7H,2,4H2,1H3,(H2,9,10)/t6-,7-/m0/s1. The van der Waals surface area contributed by atoms with Gasteiger partial charge in [0, 0.05) is 13.0 Å². The van der Waals surface area contributed by atoms with Crippen molar-refractivity contribution >= 4 is 5.91 Å². The number of carbonyl (C=O) groups is 1. The van der Waals surface area contributed by atoms with E-state index in [1.54, 1.807) is 6.08 Å². The second kappa shape index (κ2) is 4.23. The summed E-state index contributed by atoms with van der Waals surface area (Å²) >= 11 is 0. The minimum absolute atomic E-state index is 0.416. The van der Waals surface area contributed by atoms with Crippen LogP contribution in [0, 0.1) is 0 Å². The molecule has 0 spiro atoms. The summed E-state index contributed by atoms with van der Waals surface area (Å²) in [4.78, 5) is 10.7. The van der Waals surface area contributed by atoms with Crippen LogP contribution in [0.4, 0.5) is 0 Å². The number of hydrogen-bond donors (Lipinski definition) is 1. The molecule has 0 aliphatic carbocycles. The van der Waals surface area contributed by atoms with Crippen molar-refractivity contribution in [2.24, 2.45) is 5.73 Å². The minimum Gasteiger partial charge on any atom is -0.367 e. The van der Waals surface area contributed by atoms with Crippen molar-refractivity contribution in [2.45, 2.75) is 25.7 Å². The molecule has 0 saturated carbocycles. The Labute approximate surface area is 71.3 Å². The zero-order chi connectivity index (χ0) is 8.97. The lowest BCUT2D eigenvalue weighted by Crippen LogP contribution is -2.36. The summed E-state index contributed by atoms with van der Waals surface area (Å²) in [6.45, 7) is 2.42. The third-order valence-corrected chi connectivity index (χ3v) is 1.59. The molecule has 2 N–H and O–H groups in total. The highest BCUT2D eigenvalue weighted by Crippen LogP contribution is 2.12. The lowest BCUT2D eigenvalue weighted by Gasteiger charge is -2.23. The number of hydrogen-bond acceptors (Lipinski definition) is 3. The van der Waals surface area contributed by atoms with Crippen LogP contribution in [0.3, 0.4) is 0 Å². The molecule has 0 aromatic carbocycles. The number of carbonyl (C=O) groups excluding carboxylic acids is 1. The molecule has 4 nitrogen and oxygen atoms in total. The smallest absolute Gasteiger partial charge is 0.247 e. The van der Waals surface area contributed by atoms with Crippen LogP contribution in [0.1, 0.15) is 13.3 Å². The average molecular weight is 171 g/mol. The Balaban J connectivity index is 2.45. The first-order valence-electron chi connectivity index (χ1n) is 3.97. The van der Waals surface area contributed by atoms with Crippen LogP contribution < -0.4 is 5.73 Å². The molecule has 1 amide bonds. The van der Waals surface area contributed by atoms with E-state index in [4.69, 9.17) is 15.2 Å². The molecule has 68 valence electrons. The SMILES string of the molecule is CCO[C@@H]1C=CC[C@@H](C(N)=O)O1. The molecule has 12 heavy (non-hydrogen) atoms. The first-order chi connectivity index (χ1) is 5.74. The van der Waals surface area contributed by atoms with Crippen molar-refractivity contribution in [3.63, 3.8) is 0 Å². The van der Waals surface area contributed by atoms with Gasteiger partial charge in [-0.05, 0) is 13.0 Å². The van der Waals surface area contributed by atoms with Gasteiger partial charge in [-0.25, -0.2) is 0 Å². The maximum atomic E-state index is 10.7. The number of amides is 1. The van der Waals surface area contributed by atoms with Crippen LogP contribution in [0.2, 0.25) is 0 Å². The van der Waals surface area contributed by atoms with E-state index in [1.807, 2.05) is 13.0 Å². The summed E-state index contributed by atoms with van der Waals surface area (Å²) in [5.74, 6) is -0.441. The predicted octanol–water partition coefficient (Wildman–Crippen LogP) is 0.179. The molecule has 1 rings (SSSR count). The Morgan fingerprint density at radius 1 is 1.83 bits per heavy atom. The summed E-state index contributed by atoms with van der Waals surface area (Å²) in [6.07, 6.45) is 3.22. The maximum Gasteiger partial charge on any atom is 0.247 e. The summed E-state index contributed by atoms with van der Waals surface area (Å²) in [7, 11) is 0. The maximum absolute atomic E-state index is 10.7. The molecule has 0 unspecified atom stereocenters. The number of ether oxygens (including phenoxy) is 2. The van der Waals surface area contributed by atoms with Crippen molar-refractivity contribution in [1.82, 2.24) is 0 Å². The van der Waals surface area contributed by atoms with Crippen LogP contribution in [-0.2, 0) is 14.3 Å². The lowest BCUT2D eigenvalue weighted by atomic mass is 10.2. The lowest BCUT2D eigenvalue weighted by molar-refractivity contribution is -0.162. The zero-order valence-electron chi connectivity index (χ0n) is 7.03. The molecule has 0 aromatic rings. The highest BCUT2D eigenvalue weighted by atomic mass is 16.7. The van der Waals surface area contributed by atoms with Gasteiger partial charge in [0.15, 0.2) is 6.29 Å². The second-order valence-electron chi connectivity index (χ2n) is 2.51. The highest BCUT2D eigenvalue weighted by Gasteiger charge is 2.22. The fourth-order valence-electron chi connectivity index (χ4n) is 1.02. The van der Waals surface area contributed by atoms with Gasteiger partial charge in [0.1, 0.15) is 6.10 Å². The molecule has 1 heterocycles. The van der Waals surface area contributed by atoms with Gasteiger partial charge in [-0.1, -0.05) is 6.08 Å². The largest absolute Gasteiger partial charge is 0.367 e. The quantitative estimate of drug-likeness (QED) is 0.616. The van der Waals surface area contributed by atoms with E-state index in [2.05, 4.69) is 0 Å². The zero-order valence-corrected chi connectivity index (χ0v) is 7.03. The van der Waals surface area contributed by atoms with Crippen molar-refractivity contribution in [3.05, 3.63) is 12.2 Å². The van der Waals surface area contributed by atoms with Gasteiger partial charge < -0.3 is 15.2 Å². The summed E-state index contributed by atoms with van der Waals surface area (Å²) in [6, 6.07) is 0. The van der Waals surface area contributed by atoms with E-state index in [0.717, 1.165) is 0 Å². The fraction of sp³-hybridized carbons (Fsp3) is 0.625. The van der Waals surface area contributed by atoms with Crippen LogP contribution in [-0.4, -0.2) is 24.9 Å². The van der Waals surface area contributed by atoms with Gasteiger partial charge in [0.05, 0.1) is 0 Å². The van der Waals surface area contributed by atoms with E-state index in [1.165, 1.54) is 0 Å². The molecular weight excluding hydrogens is 158 g/mol. The van der Waals surface area contributed by atoms with Crippen molar-refractivity contribution in [2.75, 3.05) is 6.61 Å². The van der Waals surface area contributed by atoms with E-state index in [9.17, 15) is 4.79 Å². The Hall–Kier alpha value is -0.870. The number of nitrogens with two attached hydrogens (primary N) is 1. The van der Waals surface area contributed by atoms with Crippen molar-refractivity contribution in [1.29, 1.82) is 0 Å². The second-order valence-corrected chi connectivity index (χ2v) is 2.51. The first kappa shape index (κ1) is 9.22. The van der Waals surface area contributed by atoms with Crippen molar-refractivity contribution < 1.29 is 14.3 Å². The van der Waals surface area contributed by atoms with Gasteiger partial charge in [0.2, 0.25) is 5.91 Å². The van der Waals surface area contributed by atoms with Crippen LogP contribution in [0.5, 0.6) is 0 Å². The van der Waals surface area contributed by atoms with E-state index >= 15 is 0 Å².